The standard InChI is InChI=1S/C18H28N4O2/c1-12(2)15-11-24-18(23)22(15)16-9-10-19-17(21-16)20-13(3)14-7-5-4-6-8-14/h9-10,12-15H,4-8,11H2,1-3H3,(H,19,20,21). The summed E-state index contributed by atoms with van der Waals surface area (Å²) in [5.74, 6) is 2.19. The first-order valence-corrected chi connectivity index (χ1v) is 9.12. The van der Waals surface area contributed by atoms with Crippen LogP contribution in [0.25, 0.3) is 0 Å². The van der Waals surface area contributed by atoms with Crippen molar-refractivity contribution in [2.24, 2.45) is 11.8 Å². The Morgan fingerprint density at radius 3 is 2.71 bits per heavy atom. The summed E-state index contributed by atoms with van der Waals surface area (Å²) < 4.78 is 5.22. The van der Waals surface area contributed by atoms with E-state index in [9.17, 15) is 4.79 Å². The number of rotatable bonds is 5. The first kappa shape index (κ1) is 17.0. The molecule has 6 heteroatoms. The van der Waals surface area contributed by atoms with Gasteiger partial charge in [-0.3, -0.25) is 4.90 Å². The zero-order valence-corrected chi connectivity index (χ0v) is 14.9. The Labute approximate surface area is 144 Å². The van der Waals surface area contributed by atoms with E-state index < -0.39 is 0 Å². The highest BCUT2D eigenvalue weighted by molar-refractivity contribution is 5.89. The normalized spacial score (nSPS) is 23.4. The van der Waals surface area contributed by atoms with Gasteiger partial charge in [-0.25, -0.2) is 9.78 Å². The molecule has 1 aromatic rings. The van der Waals surface area contributed by atoms with Crippen LogP contribution < -0.4 is 10.2 Å². The number of cyclic esters (lactones) is 1. The average Bonchev–Trinajstić information content (AvgIpc) is 2.98. The van der Waals surface area contributed by atoms with Crippen molar-refractivity contribution in [3.63, 3.8) is 0 Å². The van der Waals surface area contributed by atoms with Crippen LogP contribution in [0.2, 0.25) is 0 Å². The lowest BCUT2D eigenvalue weighted by Crippen LogP contribution is -2.38. The third-order valence-electron chi connectivity index (χ3n) is 5.28. The smallest absolute Gasteiger partial charge is 0.415 e. The molecular weight excluding hydrogens is 304 g/mol. The van der Waals surface area contributed by atoms with Crippen molar-refractivity contribution in [2.45, 2.75) is 65.0 Å². The van der Waals surface area contributed by atoms with Gasteiger partial charge in [0.15, 0.2) is 0 Å². The van der Waals surface area contributed by atoms with Gasteiger partial charge in [-0.05, 0) is 37.7 Å². The van der Waals surface area contributed by atoms with Gasteiger partial charge >= 0.3 is 6.09 Å². The Bertz CT molecular complexity index is 572. The molecule has 2 atom stereocenters. The molecule has 132 valence electrons. The van der Waals surface area contributed by atoms with Crippen LogP contribution in [0.1, 0.15) is 52.9 Å². The maximum Gasteiger partial charge on any atom is 0.415 e. The number of nitrogens with one attached hydrogen (secondary N) is 1. The van der Waals surface area contributed by atoms with Crippen molar-refractivity contribution in [3.8, 4) is 0 Å². The first-order valence-electron chi connectivity index (χ1n) is 9.12. The number of nitrogens with zero attached hydrogens (tertiary/aromatic N) is 3. The molecule has 24 heavy (non-hydrogen) atoms. The number of aromatic nitrogens is 2. The van der Waals surface area contributed by atoms with E-state index in [-0.39, 0.29) is 12.1 Å². The summed E-state index contributed by atoms with van der Waals surface area (Å²) in [5, 5.41) is 3.43. The molecule has 0 bridgehead atoms. The fraction of sp³-hybridized carbons (Fsp3) is 0.722. The minimum Gasteiger partial charge on any atom is -0.447 e. The number of hydrogen-bond acceptors (Lipinski definition) is 5. The molecule has 1 aliphatic carbocycles. The van der Waals surface area contributed by atoms with Crippen LogP contribution in [0.4, 0.5) is 16.6 Å². The average molecular weight is 332 g/mol. The summed E-state index contributed by atoms with van der Waals surface area (Å²) in [6, 6.07) is 2.14. The Balaban J connectivity index is 1.72. The van der Waals surface area contributed by atoms with Gasteiger partial charge in [0.1, 0.15) is 12.4 Å². The molecule has 1 aliphatic heterocycles. The SMILES string of the molecule is CC(C)C1COC(=O)N1c1ccnc(NC(C)C2CCCCC2)n1. The fourth-order valence-electron chi connectivity index (χ4n) is 3.70. The summed E-state index contributed by atoms with van der Waals surface area (Å²) in [6.07, 6.45) is 7.90. The second-order valence-corrected chi connectivity index (χ2v) is 7.33. The van der Waals surface area contributed by atoms with Crippen molar-refractivity contribution in [3.05, 3.63) is 12.3 Å². The van der Waals surface area contributed by atoms with Crippen LogP contribution in [0.5, 0.6) is 0 Å². The lowest BCUT2D eigenvalue weighted by atomic mass is 9.85. The highest BCUT2D eigenvalue weighted by Gasteiger charge is 2.37. The number of amides is 1. The van der Waals surface area contributed by atoms with Crippen LogP contribution in [0.15, 0.2) is 12.3 Å². The number of anilines is 2. The third kappa shape index (κ3) is 3.62. The summed E-state index contributed by atoms with van der Waals surface area (Å²) in [4.78, 5) is 22.7. The molecule has 1 saturated carbocycles. The Hall–Kier alpha value is -1.85. The van der Waals surface area contributed by atoms with Gasteiger partial charge in [0, 0.05) is 12.2 Å². The van der Waals surface area contributed by atoms with Crippen molar-refractivity contribution >= 4 is 17.9 Å². The van der Waals surface area contributed by atoms with Crippen LogP contribution in [-0.2, 0) is 4.74 Å². The number of carbonyl (C=O) groups is 1. The molecule has 1 amide bonds. The Kier molecular flexibility index (Phi) is 5.21. The monoisotopic (exact) mass is 332 g/mol. The largest absolute Gasteiger partial charge is 0.447 e. The second kappa shape index (κ2) is 7.36. The maximum atomic E-state index is 12.1. The molecule has 1 N–H and O–H groups in total. The molecule has 0 aromatic carbocycles. The van der Waals surface area contributed by atoms with Gasteiger partial charge in [0.2, 0.25) is 5.95 Å². The van der Waals surface area contributed by atoms with Crippen molar-refractivity contribution < 1.29 is 9.53 Å². The number of hydrogen-bond donors (Lipinski definition) is 1. The van der Waals surface area contributed by atoms with Crippen molar-refractivity contribution in [2.75, 3.05) is 16.8 Å². The lowest BCUT2D eigenvalue weighted by molar-refractivity contribution is 0.177. The molecule has 1 aromatic heterocycles. The fourth-order valence-corrected chi connectivity index (χ4v) is 3.70. The van der Waals surface area contributed by atoms with Crippen LogP contribution in [0, 0.1) is 11.8 Å². The minimum atomic E-state index is -0.321. The second-order valence-electron chi connectivity index (χ2n) is 7.33. The summed E-state index contributed by atoms with van der Waals surface area (Å²) >= 11 is 0. The quantitative estimate of drug-likeness (QED) is 0.887. The predicted molar refractivity (Wildman–Crippen MR) is 94.1 cm³/mol. The molecule has 2 heterocycles. The topological polar surface area (TPSA) is 67.3 Å². The van der Waals surface area contributed by atoms with Gasteiger partial charge < -0.3 is 10.1 Å². The zero-order valence-electron chi connectivity index (χ0n) is 14.9. The maximum absolute atomic E-state index is 12.1. The van der Waals surface area contributed by atoms with Gasteiger partial charge in [0.05, 0.1) is 6.04 Å². The number of carbonyl (C=O) groups excluding carboxylic acids is 1. The molecule has 0 radical (unpaired) electrons. The Morgan fingerprint density at radius 1 is 1.25 bits per heavy atom. The van der Waals surface area contributed by atoms with Crippen LogP contribution in [0.3, 0.4) is 0 Å². The minimum absolute atomic E-state index is 0.0241. The Morgan fingerprint density at radius 2 is 2.00 bits per heavy atom. The van der Waals surface area contributed by atoms with E-state index in [1.54, 1.807) is 17.2 Å². The van der Waals surface area contributed by atoms with Gasteiger partial charge in [-0.1, -0.05) is 33.1 Å². The van der Waals surface area contributed by atoms with E-state index in [1.807, 2.05) is 0 Å². The first-order chi connectivity index (χ1) is 11.6. The van der Waals surface area contributed by atoms with Gasteiger partial charge in [-0.15, -0.1) is 0 Å². The highest BCUT2D eigenvalue weighted by Crippen LogP contribution is 2.29. The predicted octanol–water partition coefficient (Wildman–Crippen LogP) is 3.84. The van der Waals surface area contributed by atoms with E-state index in [0.29, 0.717) is 36.3 Å². The molecule has 2 fully saturated rings. The van der Waals surface area contributed by atoms with E-state index in [4.69, 9.17) is 4.74 Å². The third-order valence-corrected chi connectivity index (χ3v) is 5.28. The molecule has 1 saturated heterocycles. The van der Waals surface area contributed by atoms with E-state index >= 15 is 0 Å². The van der Waals surface area contributed by atoms with E-state index in [2.05, 4.69) is 36.1 Å². The van der Waals surface area contributed by atoms with Gasteiger partial charge in [0.25, 0.3) is 0 Å². The van der Waals surface area contributed by atoms with E-state index in [0.717, 1.165) is 0 Å². The molecule has 6 nitrogen and oxygen atoms in total. The highest BCUT2D eigenvalue weighted by atomic mass is 16.6. The molecule has 3 rings (SSSR count). The van der Waals surface area contributed by atoms with Crippen LogP contribution >= 0.6 is 0 Å². The molecule has 2 unspecified atom stereocenters. The molecular formula is C18H28N4O2. The lowest BCUT2D eigenvalue weighted by Gasteiger charge is -2.28. The zero-order chi connectivity index (χ0) is 17.1. The van der Waals surface area contributed by atoms with Crippen LogP contribution in [-0.4, -0.2) is 34.8 Å². The van der Waals surface area contributed by atoms with E-state index in [1.165, 1.54) is 32.1 Å². The summed E-state index contributed by atoms with van der Waals surface area (Å²) in [5.41, 5.74) is 0. The number of ether oxygens (including phenoxy) is 1. The van der Waals surface area contributed by atoms with Crippen molar-refractivity contribution in [1.29, 1.82) is 0 Å². The molecule has 2 aliphatic rings. The van der Waals surface area contributed by atoms with Gasteiger partial charge in [-0.2, -0.15) is 4.98 Å². The van der Waals surface area contributed by atoms with Crippen molar-refractivity contribution in [1.82, 2.24) is 9.97 Å². The summed E-state index contributed by atoms with van der Waals surface area (Å²) in [6.45, 7) is 6.80. The summed E-state index contributed by atoms with van der Waals surface area (Å²) in [7, 11) is 0. The molecule has 0 spiro atoms.